The van der Waals surface area contributed by atoms with Gasteiger partial charge in [-0.2, -0.15) is 0 Å². The number of allylic oxidation sites excluding steroid dienone is 3. The molecule has 1 nitrogen and oxygen atoms in total. The van der Waals surface area contributed by atoms with Crippen LogP contribution in [0.15, 0.2) is 23.8 Å². The van der Waals surface area contributed by atoms with E-state index in [0.29, 0.717) is 5.92 Å². The van der Waals surface area contributed by atoms with Gasteiger partial charge in [-0.05, 0) is 46.0 Å². The fourth-order valence-corrected chi connectivity index (χ4v) is 1.49. The molecule has 1 heteroatoms. The summed E-state index contributed by atoms with van der Waals surface area (Å²) in [6, 6.07) is 0. The standard InChI is InChI=1S/C13H24O/c1-5-7-13(14)10-12(4)9-6-8-11(2)3/h5,7-8,12-14H,6,9-10H2,1-4H3/b7-5+/t12-,13-/m1/s1. The maximum atomic E-state index is 9.53. The first kappa shape index (κ1) is 13.4. The van der Waals surface area contributed by atoms with E-state index >= 15 is 0 Å². The zero-order valence-electron chi connectivity index (χ0n) is 9.96. The Balaban J connectivity index is 3.64. The van der Waals surface area contributed by atoms with Gasteiger partial charge in [-0.25, -0.2) is 0 Å². The number of hydrogen-bond donors (Lipinski definition) is 1. The third-order valence-electron chi connectivity index (χ3n) is 2.27. The SMILES string of the molecule is C/C=C/[C@@H](O)C[C@H](C)CCC=C(C)C. The maximum Gasteiger partial charge on any atom is 0.0723 e. The molecule has 0 aromatic heterocycles. The Labute approximate surface area is 88.5 Å². The highest BCUT2D eigenvalue weighted by molar-refractivity contribution is 4.93. The summed E-state index contributed by atoms with van der Waals surface area (Å²) in [5, 5.41) is 9.53. The highest BCUT2D eigenvalue weighted by Crippen LogP contribution is 2.14. The molecule has 0 bridgehead atoms. The highest BCUT2D eigenvalue weighted by atomic mass is 16.3. The lowest BCUT2D eigenvalue weighted by molar-refractivity contribution is 0.188. The van der Waals surface area contributed by atoms with Crippen LogP contribution in [0.25, 0.3) is 0 Å². The second kappa shape index (κ2) is 7.81. The molecule has 82 valence electrons. The van der Waals surface area contributed by atoms with E-state index in [2.05, 4.69) is 26.8 Å². The zero-order valence-corrected chi connectivity index (χ0v) is 9.96. The largest absolute Gasteiger partial charge is 0.389 e. The van der Waals surface area contributed by atoms with E-state index in [1.807, 2.05) is 19.1 Å². The van der Waals surface area contributed by atoms with Crippen molar-refractivity contribution >= 4 is 0 Å². The zero-order chi connectivity index (χ0) is 11.0. The summed E-state index contributed by atoms with van der Waals surface area (Å²) >= 11 is 0. The Bertz CT molecular complexity index is 187. The summed E-state index contributed by atoms with van der Waals surface area (Å²) in [4.78, 5) is 0. The van der Waals surface area contributed by atoms with Gasteiger partial charge in [0.05, 0.1) is 6.10 Å². The minimum Gasteiger partial charge on any atom is -0.389 e. The number of hydrogen-bond acceptors (Lipinski definition) is 1. The van der Waals surface area contributed by atoms with Crippen molar-refractivity contribution in [2.24, 2.45) is 5.92 Å². The van der Waals surface area contributed by atoms with Crippen molar-refractivity contribution in [2.75, 3.05) is 0 Å². The molecule has 0 unspecified atom stereocenters. The number of rotatable bonds is 6. The first-order valence-corrected chi connectivity index (χ1v) is 5.50. The minimum atomic E-state index is -0.262. The number of aliphatic hydroxyl groups excluding tert-OH is 1. The summed E-state index contributed by atoms with van der Waals surface area (Å²) < 4.78 is 0. The van der Waals surface area contributed by atoms with Crippen LogP contribution in [0.4, 0.5) is 0 Å². The van der Waals surface area contributed by atoms with Gasteiger partial charge < -0.3 is 5.11 Å². The fraction of sp³-hybridized carbons (Fsp3) is 0.692. The Morgan fingerprint density at radius 3 is 2.50 bits per heavy atom. The lowest BCUT2D eigenvalue weighted by atomic mass is 9.97. The Morgan fingerprint density at radius 1 is 1.36 bits per heavy atom. The minimum absolute atomic E-state index is 0.262. The van der Waals surface area contributed by atoms with E-state index in [0.717, 1.165) is 12.8 Å². The average molecular weight is 196 g/mol. The normalized spacial score (nSPS) is 15.5. The lowest BCUT2D eigenvalue weighted by Crippen LogP contribution is -2.08. The summed E-state index contributed by atoms with van der Waals surface area (Å²) in [6.45, 7) is 8.39. The molecular weight excluding hydrogens is 172 g/mol. The molecule has 0 amide bonds. The molecule has 0 aromatic rings. The van der Waals surface area contributed by atoms with Crippen LogP contribution in [0.3, 0.4) is 0 Å². The van der Waals surface area contributed by atoms with Gasteiger partial charge in [-0.1, -0.05) is 30.7 Å². The van der Waals surface area contributed by atoms with Crippen molar-refractivity contribution in [3.05, 3.63) is 23.8 Å². The molecule has 0 rings (SSSR count). The third-order valence-corrected chi connectivity index (χ3v) is 2.27. The summed E-state index contributed by atoms with van der Waals surface area (Å²) in [5.41, 5.74) is 1.38. The van der Waals surface area contributed by atoms with Crippen LogP contribution in [-0.4, -0.2) is 11.2 Å². The molecule has 1 N–H and O–H groups in total. The second-order valence-corrected chi connectivity index (χ2v) is 4.29. The van der Waals surface area contributed by atoms with Gasteiger partial charge in [0.1, 0.15) is 0 Å². The van der Waals surface area contributed by atoms with E-state index in [1.54, 1.807) is 0 Å². The molecule has 0 radical (unpaired) electrons. The van der Waals surface area contributed by atoms with Crippen molar-refractivity contribution in [3.63, 3.8) is 0 Å². The maximum absolute atomic E-state index is 9.53. The molecule has 0 aliphatic carbocycles. The van der Waals surface area contributed by atoms with E-state index in [9.17, 15) is 5.11 Å². The van der Waals surface area contributed by atoms with Crippen LogP contribution in [0.5, 0.6) is 0 Å². The van der Waals surface area contributed by atoms with Crippen molar-refractivity contribution in [3.8, 4) is 0 Å². The monoisotopic (exact) mass is 196 g/mol. The lowest BCUT2D eigenvalue weighted by Gasteiger charge is -2.12. The van der Waals surface area contributed by atoms with Gasteiger partial charge in [-0.15, -0.1) is 0 Å². The summed E-state index contributed by atoms with van der Waals surface area (Å²) in [6.07, 6.45) is 8.94. The molecular formula is C13H24O. The van der Waals surface area contributed by atoms with Crippen molar-refractivity contribution < 1.29 is 5.11 Å². The molecule has 0 aliphatic rings. The quantitative estimate of drug-likeness (QED) is 0.642. The van der Waals surface area contributed by atoms with E-state index in [4.69, 9.17) is 0 Å². The van der Waals surface area contributed by atoms with Crippen molar-refractivity contribution in [1.29, 1.82) is 0 Å². The molecule has 0 aromatic carbocycles. The first-order valence-electron chi connectivity index (χ1n) is 5.50. The van der Waals surface area contributed by atoms with Crippen LogP contribution in [0, 0.1) is 5.92 Å². The average Bonchev–Trinajstić information content (AvgIpc) is 2.03. The molecule has 0 saturated heterocycles. The van der Waals surface area contributed by atoms with Gasteiger partial charge in [0, 0.05) is 0 Å². The van der Waals surface area contributed by atoms with Gasteiger partial charge in [-0.3, -0.25) is 0 Å². The molecule has 14 heavy (non-hydrogen) atoms. The van der Waals surface area contributed by atoms with Gasteiger partial charge in [0.2, 0.25) is 0 Å². The Hall–Kier alpha value is -0.560. The van der Waals surface area contributed by atoms with E-state index in [1.165, 1.54) is 12.0 Å². The summed E-state index contributed by atoms with van der Waals surface area (Å²) in [7, 11) is 0. The van der Waals surface area contributed by atoms with Crippen LogP contribution >= 0.6 is 0 Å². The molecule has 0 saturated carbocycles. The Kier molecular flexibility index (Phi) is 7.50. The molecule has 2 atom stereocenters. The second-order valence-electron chi connectivity index (χ2n) is 4.29. The van der Waals surface area contributed by atoms with Crippen molar-refractivity contribution in [1.82, 2.24) is 0 Å². The summed E-state index contributed by atoms with van der Waals surface area (Å²) in [5.74, 6) is 0.594. The Morgan fingerprint density at radius 2 is 2.00 bits per heavy atom. The van der Waals surface area contributed by atoms with Crippen LogP contribution < -0.4 is 0 Å². The smallest absolute Gasteiger partial charge is 0.0723 e. The molecule has 0 fully saturated rings. The molecule has 0 aliphatic heterocycles. The molecule has 0 heterocycles. The van der Waals surface area contributed by atoms with Crippen LogP contribution in [0.2, 0.25) is 0 Å². The van der Waals surface area contributed by atoms with Gasteiger partial charge in [0.15, 0.2) is 0 Å². The van der Waals surface area contributed by atoms with E-state index < -0.39 is 0 Å². The fourth-order valence-electron chi connectivity index (χ4n) is 1.49. The van der Waals surface area contributed by atoms with Crippen molar-refractivity contribution in [2.45, 2.75) is 53.1 Å². The van der Waals surface area contributed by atoms with Crippen LogP contribution in [-0.2, 0) is 0 Å². The van der Waals surface area contributed by atoms with Crippen LogP contribution in [0.1, 0.15) is 47.0 Å². The first-order chi connectivity index (χ1) is 6.56. The third kappa shape index (κ3) is 8.06. The highest BCUT2D eigenvalue weighted by Gasteiger charge is 2.06. The number of aliphatic hydroxyl groups is 1. The van der Waals surface area contributed by atoms with Gasteiger partial charge in [0.25, 0.3) is 0 Å². The molecule has 0 spiro atoms. The van der Waals surface area contributed by atoms with Gasteiger partial charge >= 0.3 is 0 Å². The predicted octanol–water partition coefficient (Wildman–Crippen LogP) is 3.70. The predicted molar refractivity (Wildman–Crippen MR) is 63.3 cm³/mol. The van der Waals surface area contributed by atoms with E-state index in [-0.39, 0.29) is 6.10 Å². The topological polar surface area (TPSA) is 20.2 Å².